The summed E-state index contributed by atoms with van der Waals surface area (Å²) in [6.07, 6.45) is 2.40. The van der Waals surface area contributed by atoms with Crippen LogP contribution in [0.4, 0.5) is 0 Å². The number of nitrogens with one attached hydrogen (secondary N) is 2. The number of imide groups is 2. The molecule has 2 heterocycles. The molecule has 0 radical (unpaired) electrons. The second-order valence-electron chi connectivity index (χ2n) is 5.50. The highest BCUT2D eigenvalue weighted by molar-refractivity contribution is 6.38. The SMILES string of the molecule is O=C1C=C(c2cc3ccccc3cc2C2=CC(=O)NC2=O)C(=O)N1. The molecule has 2 aromatic rings. The number of fused-ring (bicyclic) bond motifs is 1. The van der Waals surface area contributed by atoms with Crippen molar-refractivity contribution < 1.29 is 19.2 Å². The lowest BCUT2D eigenvalue weighted by Gasteiger charge is -2.11. The lowest BCUT2D eigenvalue weighted by molar-refractivity contribution is -0.124. The number of rotatable bonds is 2. The quantitative estimate of drug-likeness (QED) is 0.805. The molecule has 0 saturated heterocycles. The molecule has 0 atom stereocenters. The minimum atomic E-state index is -0.526. The first-order chi connectivity index (χ1) is 11.5. The summed E-state index contributed by atoms with van der Waals surface area (Å²) in [5, 5.41) is 6.10. The van der Waals surface area contributed by atoms with E-state index in [4.69, 9.17) is 0 Å². The van der Waals surface area contributed by atoms with Gasteiger partial charge in [0.25, 0.3) is 23.6 Å². The van der Waals surface area contributed by atoms with E-state index in [1.165, 1.54) is 12.2 Å². The predicted molar refractivity (Wildman–Crippen MR) is 86.2 cm³/mol. The van der Waals surface area contributed by atoms with E-state index in [0.29, 0.717) is 11.1 Å². The molecule has 2 aliphatic rings. The topological polar surface area (TPSA) is 92.3 Å². The van der Waals surface area contributed by atoms with Gasteiger partial charge in [-0.05, 0) is 34.0 Å². The van der Waals surface area contributed by atoms with Crippen LogP contribution < -0.4 is 10.6 Å². The highest BCUT2D eigenvalue weighted by atomic mass is 16.2. The number of carbonyl (C=O) groups is 4. The summed E-state index contributed by atoms with van der Waals surface area (Å²) in [4.78, 5) is 47.1. The van der Waals surface area contributed by atoms with Crippen molar-refractivity contribution >= 4 is 45.5 Å². The van der Waals surface area contributed by atoms with Gasteiger partial charge in [-0.1, -0.05) is 24.3 Å². The zero-order chi connectivity index (χ0) is 16.8. The fourth-order valence-corrected chi connectivity index (χ4v) is 2.91. The molecule has 2 aliphatic heterocycles. The van der Waals surface area contributed by atoms with Crippen LogP contribution in [-0.2, 0) is 19.2 Å². The third kappa shape index (κ3) is 2.13. The summed E-state index contributed by atoms with van der Waals surface area (Å²) >= 11 is 0. The molecule has 4 amide bonds. The Bertz CT molecular complexity index is 948. The second kappa shape index (κ2) is 4.99. The number of carbonyl (C=O) groups excluding carboxylic acids is 4. The standard InChI is InChI=1S/C18H10N2O4/c21-15-7-13(17(23)19-15)11-5-9-3-1-2-4-10(9)6-12(11)14-8-16(22)20-18(14)24/h1-8H,(H,19,21,23)(H,20,22,24). The van der Waals surface area contributed by atoms with Gasteiger partial charge in [-0.25, -0.2) is 0 Å². The van der Waals surface area contributed by atoms with Crippen molar-refractivity contribution in [1.82, 2.24) is 10.6 Å². The van der Waals surface area contributed by atoms with Gasteiger partial charge < -0.3 is 0 Å². The summed E-state index contributed by atoms with van der Waals surface area (Å²) in [5.41, 5.74) is 1.23. The molecular formula is C18H10N2O4. The van der Waals surface area contributed by atoms with Crippen LogP contribution >= 0.6 is 0 Å². The Hall–Kier alpha value is -3.54. The van der Waals surface area contributed by atoms with Crippen molar-refractivity contribution in [3.8, 4) is 0 Å². The second-order valence-corrected chi connectivity index (χ2v) is 5.50. The van der Waals surface area contributed by atoms with Gasteiger partial charge in [-0.3, -0.25) is 29.8 Å². The van der Waals surface area contributed by atoms with E-state index in [-0.39, 0.29) is 11.1 Å². The molecule has 0 aliphatic carbocycles. The van der Waals surface area contributed by atoms with E-state index in [2.05, 4.69) is 10.6 Å². The predicted octanol–water partition coefficient (Wildman–Crippen LogP) is 0.919. The molecule has 0 fully saturated rings. The van der Waals surface area contributed by atoms with Crippen molar-refractivity contribution in [1.29, 1.82) is 0 Å². The molecular weight excluding hydrogens is 308 g/mol. The molecule has 4 rings (SSSR count). The largest absolute Gasteiger partial charge is 0.289 e. The van der Waals surface area contributed by atoms with Crippen LogP contribution in [0.5, 0.6) is 0 Å². The monoisotopic (exact) mass is 318 g/mol. The van der Waals surface area contributed by atoms with Crippen LogP contribution in [0.2, 0.25) is 0 Å². The lowest BCUT2D eigenvalue weighted by Crippen LogP contribution is -2.23. The molecule has 0 aromatic heterocycles. The van der Waals surface area contributed by atoms with Crippen LogP contribution in [0, 0.1) is 0 Å². The third-order valence-electron chi connectivity index (χ3n) is 3.98. The van der Waals surface area contributed by atoms with Crippen molar-refractivity contribution in [3.63, 3.8) is 0 Å². The van der Waals surface area contributed by atoms with Crippen LogP contribution in [0.15, 0.2) is 48.6 Å². The Labute approximate surface area is 135 Å². The average Bonchev–Trinajstić information content (AvgIpc) is 3.06. The minimum Gasteiger partial charge on any atom is -0.289 e. The van der Waals surface area contributed by atoms with Gasteiger partial charge in [0.1, 0.15) is 0 Å². The molecule has 0 spiro atoms. The number of amides is 4. The fraction of sp³-hybridized carbons (Fsp3) is 0. The van der Waals surface area contributed by atoms with Gasteiger partial charge in [0.05, 0.1) is 11.1 Å². The smallest absolute Gasteiger partial charge is 0.258 e. The maximum atomic E-state index is 12.0. The number of hydrogen-bond donors (Lipinski definition) is 2. The summed E-state index contributed by atoms with van der Waals surface area (Å²) in [5.74, 6) is -2.06. The molecule has 0 unspecified atom stereocenters. The zero-order valence-electron chi connectivity index (χ0n) is 12.3. The Morgan fingerprint density at radius 3 is 1.38 bits per heavy atom. The first kappa shape index (κ1) is 14.1. The average molecular weight is 318 g/mol. The van der Waals surface area contributed by atoms with Crippen LogP contribution in [0.25, 0.3) is 21.9 Å². The number of hydrogen-bond acceptors (Lipinski definition) is 4. The fourth-order valence-electron chi connectivity index (χ4n) is 2.91. The Morgan fingerprint density at radius 1 is 0.625 bits per heavy atom. The molecule has 2 N–H and O–H groups in total. The molecule has 24 heavy (non-hydrogen) atoms. The van der Waals surface area contributed by atoms with Gasteiger partial charge in [0.15, 0.2) is 0 Å². The Kier molecular flexibility index (Phi) is 2.93. The number of benzene rings is 2. The van der Waals surface area contributed by atoms with E-state index >= 15 is 0 Å². The normalized spacial score (nSPS) is 17.0. The first-order valence-electron chi connectivity index (χ1n) is 7.20. The third-order valence-corrected chi connectivity index (χ3v) is 3.98. The van der Waals surface area contributed by atoms with Crippen LogP contribution in [-0.4, -0.2) is 23.6 Å². The maximum absolute atomic E-state index is 12.0. The van der Waals surface area contributed by atoms with Crippen molar-refractivity contribution in [2.75, 3.05) is 0 Å². The highest BCUT2D eigenvalue weighted by Crippen LogP contribution is 2.32. The molecule has 6 heteroatoms. The first-order valence-corrected chi connectivity index (χ1v) is 7.20. The van der Waals surface area contributed by atoms with Crippen molar-refractivity contribution in [2.24, 2.45) is 0 Å². The van der Waals surface area contributed by atoms with Crippen LogP contribution in [0.3, 0.4) is 0 Å². The summed E-state index contributed by atoms with van der Waals surface area (Å²) in [7, 11) is 0. The van der Waals surface area contributed by atoms with Gasteiger partial charge in [0, 0.05) is 12.2 Å². The van der Waals surface area contributed by atoms with Crippen LogP contribution in [0.1, 0.15) is 11.1 Å². The highest BCUT2D eigenvalue weighted by Gasteiger charge is 2.29. The van der Waals surface area contributed by atoms with E-state index in [1.807, 2.05) is 24.3 Å². The van der Waals surface area contributed by atoms with E-state index in [1.54, 1.807) is 12.1 Å². The van der Waals surface area contributed by atoms with Gasteiger partial charge in [-0.2, -0.15) is 0 Å². The molecule has 116 valence electrons. The van der Waals surface area contributed by atoms with Gasteiger partial charge >= 0.3 is 0 Å². The maximum Gasteiger partial charge on any atom is 0.258 e. The Balaban J connectivity index is 2.02. The lowest BCUT2D eigenvalue weighted by atomic mass is 9.91. The van der Waals surface area contributed by atoms with Gasteiger partial charge in [-0.15, -0.1) is 0 Å². The van der Waals surface area contributed by atoms with E-state index < -0.39 is 23.6 Å². The van der Waals surface area contributed by atoms with E-state index in [0.717, 1.165) is 10.8 Å². The van der Waals surface area contributed by atoms with Crippen molar-refractivity contribution in [3.05, 3.63) is 59.7 Å². The molecule has 0 saturated carbocycles. The Morgan fingerprint density at radius 2 is 1.04 bits per heavy atom. The molecule has 2 aromatic carbocycles. The molecule has 6 nitrogen and oxygen atoms in total. The van der Waals surface area contributed by atoms with Gasteiger partial charge in [0.2, 0.25) is 0 Å². The summed E-state index contributed by atoms with van der Waals surface area (Å²) in [6, 6.07) is 10.9. The van der Waals surface area contributed by atoms with Crippen molar-refractivity contribution in [2.45, 2.75) is 0 Å². The molecule has 0 bridgehead atoms. The summed E-state index contributed by atoms with van der Waals surface area (Å²) < 4.78 is 0. The van der Waals surface area contributed by atoms with E-state index in [9.17, 15) is 19.2 Å². The minimum absolute atomic E-state index is 0.175. The summed E-state index contributed by atoms with van der Waals surface area (Å²) in [6.45, 7) is 0. The zero-order valence-corrected chi connectivity index (χ0v) is 12.3.